The highest BCUT2D eigenvalue weighted by atomic mass is 19.1. The first kappa shape index (κ1) is 22.5. The van der Waals surface area contributed by atoms with Crippen LogP contribution in [-0.2, 0) is 14.3 Å². The Kier molecular flexibility index (Phi) is 7.07. The number of Topliss-reactive ketones (excluding diaryl/α,β-unsaturated/α-hetero) is 1. The Balaban J connectivity index is 2.09. The zero-order valence-electron chi connectivity index (χ0n) is 17.8. The van der Waals surface area contributed by atoms with E-state index in [1.54, 1.807) is 31.4 Å². The molecule has 1 amide bonds. The average Bonchev–Trinajstić information content (AvgIpc) is 2.99. The summed E-state index contributed by atoms with van der Waals surface area (Å²) in [6, 6.07) is 11.4. The van der Waals surface area contributed by atoms with Gasteiger partial charge in [0.05, 0.1) is 17.7 Å². The van der Waals surface area contributed by atoms with E-state index in [-0.39, 0.29) is 24.0 Å². The van der Waals surface area contributed by atoms with Crippen LogP contribution in [0.5, 0.6) is 5.75 Å². The van der Waals surface area contributed by atoms with Gasteiger partial charge in [-0.3, -0.25) is 9.59 Å². The van der Waals surface area contributed by atoms with Crippen molar-refractivity contribution in [2.75, 3.05) is 20.3 Å². The molecule has 0 aliphatic carbocycles. The van der Waals surface area contributed by atoms with Crippen molar-refractivity contribution in [3.63, 3.8) is 0 Å². The molecular weight excluding hydrogens is 401 g/mol. The smallest absolute Gasteiger partial charge is 0.295 e. The highest BCUT2D eigenvalue weighted by Crippen LogP contribution is 2.39. The van der Waals surface area contributed by atoms with Crippen LogP contribution in [0.15, 0.2) is 54.1 Å². The lowest BCUT2D eigenvalue weighted by atomic mass is 9.95. The summed E-state index contributed by atoms with van der Waals surface area (Å²) in [5, 5.41) is 11.1. The fourth-order valence-electron chi connectivity index (χ4n) is 3.63. The normalized spacial score (nSPS) is 18.1. The first-order valence-electron chi connectivity index (χ1n) is 10.1. The third-order valence-electron chi connectivity index (χ3n) is 4.95. The van der Waals surface area contributed by atoms with Gasteiger partial charge in [-0.25, -0.2) is 4.39 Å². The second-order valence-corrected chi connectivity index (χ2v) is 7.58. The molecule has 1 heterocycles. The summed E-state index contributed by atoms with van der Waals surface area (Å²) in [6.45, 7) is 4.43. The fourth-order valence-corrected chi connectivity index (χ4v) is 3.63. The number of hydrogen-bond donors (Lipinski definition) is 1. The molecule has 6 nitrogen and oxygen atoms in total. The molecule has 1 saturated heterocycles. The predicted molar refractivity (Wildman–Crippen MR) is 114 cm³/mol. The number of benzene rings is 2. The summed E-state index contributed by atoms with van der Waals surface area (Å²) in [4.78, 5) is 27.1. The van der Waals surface area contributed by atoms with E-state index in [4.69, 9.17) is 9.47 Å². The first-order chi connectivity index (χ1) is 14.8. The third-order valence-corrected chi connectivity index (χ3v) is 4.95. The van der Waals surface area contributed by atoms with Crippen molar-refractivity contribution < 1.29 is 28.6 Å². The number of carbonyl (C=O) groups is 2. The van der Waals surface area contributed by atoms with Gasteiger partial charge in [-0.1, -0.05) is 24.3 Å². The van der Waals surface area contributed by atoms with Crippen molar-refractivity contribution in [3.8, 4) is 5.75 Å². The minimum Gasteiger partial charge on any atom is -0.507 e. The molecule has 1 N–H and O–H groups in total. The molecule has 0 aromatic heterocycles. The second-order valence-electron chi connectivity index (χ2n) is 7.58. The van der Waals surface area contributed by atoms with Gasteiger partial charge in [0.15, 0.2) is 0 Å². The molecule has 0 spiro atoms. The molecule has 3 rings (SSSR count). The van der Waals surface area contributed by atoms with Crippen molar-refractivity contribution in [1.29, 1.82) is 0 Å². The minimum atomic E-state index is -0.827. The van der Waals surface area contributed by atoms with Gasteiger partial charge < -0.3 is 19.5 Å². The summed E-state index contributed by atoms with van der Waals surface area (Å²) < 4.78 is 24.2. The maximum Gasteiger partial charge on any atom is 0.295 e. The van der Waals surface area contributed by atoms with Gasteiger partial charge in [0.2, 0.25) is 0 Å². The van der Waals surface area contributed by atoms with Crippen molar-refractivity contribution in [2.45, 2.75) is 32.4 Å². The SMILES string of the molecule is COCCCN1C(=O)C(=O)/C(=C(\O)c2cccc(OC(C)C)c2)C1c1ccc(F)cc1. The van der Waals surface area contributed by atoms with Gasteiger partial charge in [-0.05, 0) is 50.1 Å². The van der Waals surface area contributed by atoms with Crippen molar-refractivity contribution in [1.82, 2.24) is 4.90 Å². The number of halogens is 1. The van der Waals surface area contributed by atoms with Crippen LogP contribution >= 0.6 is 0 Å². The van der Waals surface area contributed by atoms with E-state index in [9.17, 15) is 19.1 Å². The summed E-state index contributed by atoms with van der Waals surface area (Å²) in [7, 11) is 1.55. The Morgan fingerprint density at radius 2 is 1.87 bits per heavy atom. The van der Waals surface area contributed by atoms with Crippen LogP contribution in [-0.4, -0.2) is 48.1 Å². The molecule has 2 aromatic rings. The monoisotopic (exact) mass is 427 g/mol. The van der Waals surface area contributed by atoms with E-state index >= 15 is 0 Å². The Morgan fingerprint density at radius 3 is 2.52 bits per heavy atom. The number of rotatable bonds is 8. The van der Waals surface area contributed by atoms with Gasteiger partial charge in [0, 0.05) is 25.8 Å². The van der Waals surface area contributed by atoms with E-state index in [1.165, 1.54) is 29.2 Å². The Labute approximate surface area is 180 Å². The van der Waals surface area contributed by atoms with Crippen LogP contribution < -0.4 is 4.74 Å². The van der Waals surface area contributed by atoms with Crippen LogP contribution in [0.3, 0.4) is 0 Å². The van der Waals surface area contributed by atoms with Crippen LogP contribution in [0.25, 0.3) is 5.76 Å². The number of ketones is 1. The number of methoxy groups -OCH3 is 1. The summed E-state index contributed by atoms with van der Waals surface area (Å²) in [5.74, 6) is -1.68. The van der Waals surface area contributed by atoms with Crippen molar-refractivity contribution in [2.24, 2.45) is 0 Å². The van der Waals surface area contributed by atoms with Crippen LogP contribution in [0.2, 0.25) is 0 Å². The van der Waals surface area contributed by atoms with Crippen LogP contribution in [0, 0.1) is 5.82 Å². The quantitative estimate of drug-likeness (QED) is 0.297. The molecule has 0 bridgehead atoms. The molecule has 1 aliphatic heterocycles. The van der Waals surface area contributed by atoms with Gasteiger partial charge in [-0.2, -0.15) is 0 Å². The number of nitrogens with zero attached hydrogens (tertiary/aromatic N) is 1. The second kappa shape index (κ2) is 9.75. The highest BCUT2D eigenvalue weighted by molar-refractivity contribution is 6.46. The summed E-state index contributed by atoms with van der Waals surface area (Å²) >= 11 is 0. The highest BCUT2D eigenvalue weighted by Gasteiger charge is 2.45. The van der Waals surface area contributed by atoms with E-state index in [0.29, 0.717) is 29.9 Å². The number of aliphatic hydroxyl groups is 1. The Hall–Kier alpha value is -3.19. The van der Waals surface area contributed by atoms with Crippen molar-refractivity contribution in [3.05, 3.63) is 71.0 Å². The standard InChI is InChI=1S/C24H26FNO5/c1-15(2)31-19-7-4-6-17(14-19)22(27)20-21(16-8-10-18(25)11-9-16)26(12-5-13-30-3)24(29)23(20)28/h4,6-11,14-15,21,27H,5,12-13H2,1-3H3/b22-20-. The molecular formula is C24H26FNO5. The Morgan fingerprint density at radius 1 is 1.16 bits per heavy atom. The molecule has 0 saturated carbocycles. The van der Waals surface area contributed by atoms with E-state index in [2.05, 4.69) is 0 Å². The molecule has 1 aliphatic rings. The van der Waals surface area contributed by atoms with Crippen LogP contribution in [0.1, 0.15) is 37.4 Å². The van der Waals surface area contributed by atoms with Gasteiger partial charge in [0.25, 0.3) is 11.7 Å². The molecule has 1 fully saturated rings. The maximum atomic E-state index is 13.5. The topological polar surface area (TPSA) is 76.1 Å². The van der Waals surface area contributed by atoms with Crippen molar-refractivity contribution >= 4 is 17.4 Å². The number of likely N-dealkylation sites (tertiary alicyclic amines) is 1. The Bertz CT molecular complexity index is 984. The number of hydrogen-bond acceptors (Lipinski definition) is 5. The summed E-state index contributed by atoms with van der Waals surface area (Å²) in [5.41, 5.74) is 0.866. The molecule has 1 unspecified atom stereocenters. The third kappa shape index (κ3) is 4.94. The van der Waals surface area contributed by atoms with Gasteiger partial charge in [0.1, 0.15) is 17.3 Å². The summed E-state index contributed by atoms with van der Waals surface area (Å²) in [6.07, 6.45) is 0.446. The molecule has 7 heteroatoms. The molecule has 2 aromatic carbocycles. The number of amides is 1. The lowest BCUT2D eigenvalue weighted by Gasteiger charge is -2.25. The molecule has 31 heavy (non-hydrogen) atoms. The van der Waals surface area contributed by atoms with Crippen LogP contribution in [0.4, 0.5) is 4.39 Å². The van der Waals surface area contributed by atoms with Gasteiger partial charge in [-0.15, -0.1) is 0 Å². The van der Waals surface area contributed by atoms with Gasteiger partial charge >= 0.3 is 0 Å². The largest absolute Gasteiger partial charge is 0.507 e. The number of ether oxygens (including phenoxy) is 2. The van der Waals surface area contributed by atoms with E-state index in [0.717, 1.165) is 0 Å². The first-order valence-corrected chi connectivity index (χ1v) is 10.1. The number of aliphatic hydroxyl groups excluding tert-OH is 1. The molecule has 164 valence electrons. The van der Waals surface area contributed by atoms with E-state index < -0.39 is 23.5 Å². The number of carbonyl (C=O) groups excluding carboxylic acids is 2. The molecule has 1 atom stereocenters. The molecule has 0 radical (unpaired) electrons. The zero-order valence-corrected chi connectivity index (χ0v) is 17.8. The zero-order chi connectivity index (χ0) is 22.5. The fraction of sp³-hybridized carbons (Fsp3) is 0.333. The van der Waals surface area contributed by atoms with E-state index in [1.807, 2.05) is 13.8 Å². The predicted octanol–water partition coefficient (Wildman–Crippen LogP) is 4.07. The maximum absolute atomic E-state index is 13.5. The lowest BCUT2D eigenvalue weighted by Crippen LogP contribution is -2.31. The lowest BCUT2D eigenvalue weighted by molar-refractivity contribution is -0.140. The minimum absolute atomic E-state index is 0.0317. The average molecular weight is 427 g/mol.